The van der Waals surface area contributed by atoms with Crippen LogP contribution in [0.15, 0.2) is 46.9 Å². The third-order valence-corrected chi connectivity index (χ3v) is 5.97. The molecule has 6 nitrogen and oxygen atoms in total. The zero-order chi connectivity index (χ0) is 22.9. The fourth-order valence-electron chi connectivity index (χ4n) is 3.50. The van der Waals surface area contributed by atoms with E-state index in [0.717, 1.165) is 32.4 Å². The van der Waals surface area contributed by atoms with Crippen LogP contribution in [0.4, 0.5) is 5.69 Å². The summed E-state index contributed by atoms with van der Waals surface area (Å²) in [5, 5.41) is 5.84. The minimum atomic E-state index is -0.331. The van der Waals surface area contributed by atoms with Gasteiger partial charge in [0.15, 0.2) is 5.11 Å². The molecular weight excluding hydrogens is 490 g/mol. The highest BCUT2D eigenvalue weighted by molar-refractivity contribution is 9.10. The summed E-state index contributed by atoms with van der Waals surface area (Å²) in [7, 11) is 0. The molecule has 3 rings (SSSR count). The summed E-state index contributed by atoms with van der Waals surface area (Å²) in [5.74, 6) is 0.387. The zero-order valence-corrected chi connectivity index (χ0v) is 20.6. The van der Waals surface area contributed by atoms with E-state index in [1.165, 1.54) is 12.8 Å². The Morgan fingerprint density at radius 2 is 1.81 bits per heavy atom. The van der Waals surface area contributed by atoms with Crippen molar-refractivity contribution < 1.29 is 14.3 Å². The Balaban J connectivity index is 1.60. The fourth-order valence-corrected chi connectivity index (χ4v) is 4.20. The molecule has 0 aliphatic carbocycles. The van der Waals surface area contributed by atoms with Crippen LogP contribution < -0.4 is 15.4 Å². The lowest BCUT2D eigenvalue weighted by atomic mass is 10.1. The van der Waals surface area contributed by atoms with Crippen LogP contribution in [0.2, 0.25) is 0 Å². The summed E-state index contributed by atoms with van der Waals surface area (Å²) in [5.41, 5.74) is 1.72. The van der Waals surface area contributed by atoms with Crippen LogP contribution in [-0.2, 0) is 0 Å². The van der Waals surface area contributed by atoms with Gasteiger partial charge in [0.05, 0.1) is 11.1 Å². The van der Waals surface area contributed by atoms with E-state index >= 15 is 0 Å². The lowest BCUT2D eigenvalue weighted by Gasteiger charge is -2.20. The smallest absolute Gasteiger partial charge is 0.257 e. The SMILES string of the molecule is CCCOc1ccc(C(=O)NC(=S)Nc2cccc(C(=O)N3CCCCCC3)c2)cc1Br. The molecule has 0 bridgehead atoms. The summed E-state index contributed by atoms with van der Waals surface area (Å²) in [4.78, 5) is 27.4. The Labute approximate surface area is 202 Å². The molecule has 2 aromatic rings. The second kappa shape index (κ2) is 12.0. The summed E-state index contributed by atoms with van der Waals surface area (Å²) in [6.45, 7) is 4.23. The van der Waals surface area contributed by atoms with Crippen LogP contribution in [0.5, 0.6) is 5.75 Å². The van der Waals surface area contributed by atoms with Crippen LogP contribution in [0.25, 0.3) is 0 Å². The Morgan fingerprint density at radius 1 is 1.06 bits per heavy atom. The van der Waals surface area contributed by atoms with Gasteiger partial charge in [0, 0.05) is 29.9 Å². The number of nitrogens with zero attached hydrogens (tertiary/aromatic N) is 1. The lowest BCUT2D eigenvalue weighted by molar-refractivity contribution is 0.0761. The third kappa shape index (κ3) is 6.77. The molecule has 0 saturated carbocycles. The first-order valence-electron chi connectivity index (χ1n) is 10.9. The standard InChI is InChI=1S/C24H28BrN3O3S/c1-2-14-31-21-11-10-17(16-20(21)25)22(29)27-24(32)26-19-9-7-8-18(15-19)23(30)28-12-5-3-4-6-13-28/h7-11,15-16H,2-6,12-14H2,1H3,(H2,26,27,29,32). The van der Waals surface area contributed by atoms with Crippen LogP contribution in [0, 0.1) is 0 Å². The first kappa shape index (κ1) is 24.2. The number of ether oxygens (including phenoxy) is 1. The molecular formula is C24H28BrN3O3S. The number of hydrogen-bond donors (Lipinski definition) is 2. The van der Waals surface area contributed by atoms with E-state index in [2.05, 4.69) is 26.6 Å². The topological polar surface area (TPSA) is 70.7 Å². The maximum absolute atomic E-state index is 12.9. The molecule has 1 fully saturated rings. The van der Waals surface area contributed by atoms with Crippen LogP contribution in [0.1, 0.15) is 59.7 Å². The summed E-state index contributed by atoms with van der Waals surface area (Å²) in [6.07, 6.45) is 5.33. The number of benzene rings is 2. The predicted octanol–water partition coefficient (Wildman–Crippen LogP) is 5.38. The molecule has 0 atom stereocenters. The van der Waals surface area contributed by atoms with Gasteiger partial charge in [0.25, 0.3) is 11.8 Å². The van der Waals surface area contributed by atoms with Gasteiger partial charge < -0.3 is 15.0 Å². The van der Waals surface area contributed by atoms with Crippen LogP contribution in [0.3, 0.4) is 0 Å². The highest BCUT2D eigenvalue weighted by atomic mass is 79.9. The lowest BCUT2D eigenvalue weighted by Crippen LogP contribution is -2.34. The number of nitrogens with one attached hydrogen (secondary N) is 2. The van der Waals surface area contributed by atoms with Crippen molar-refractivity contribution in [1.82, 2.24) is 10.2 Å². The highest BCUT2D eigenvalue weighted by Gasteiger charge is 2.18. The molecule has 0 unspecified atom stereocenters. The van der Waals surface area contributed by atoms with Gasteiger partial charge in [-0.05, 0) is 83.8 Å². The van der Waals surface area contributed by atoms with Crippen molar-refractivity contribution >= 4 is 50.8 Å². The Kier molecular flexibility index (Phi) is 9.05. The molecule has 170 valence electrons. The number of carbonyl (C=O) groups excluding carboxylic acids is 2. The van der Waals surface area contributed by atoms with Gasteiger partial charge in [0.1, 0.15) is 5.75 Å². The maximum Gasteiger partial charge on any atom is 0.257 e. The quantitative estimate of drug-likeness (QED) is 0.503. The van der Waals surface area contributed by atoms with Crippen molar-refractivity contribution in [1.29, 1.82) is 0 Å². The second-order valence-electron chi connectivity index (χ2n) is 7.69. The van der Waals surface area contributed by atoms with E-state index in [4.69, 9.17) is 17.0 Å². The molecule has 1 heterocycles. The Bertz CT molecular complexity index is 975. The van der Waals surface area contributed by atoms with Crippen molar-refractivity contribution in [3.05, 3.63) is 58.1 Å². The van der Waals surface area contributed by atoms with E-state index < -0.39 is 0 Å². The van der Waals surface area contributed by atoms with Crippen LogP contribution in [-0.4, -0.2) is 41.5 Å². The Morgan fingerprint density at radius 3 is 2.50 bits per heavy atom. The van der Waals surface area contributed by atoms with Gasteiger partial charge in [-0.15, -0.1) is 0 Å². The summed E-state index contributed by atoms with van der Waals surface area (Å²) in [6, 6.07) is 12.3. The molecule has 0 radical (unpaired) electrons. The average molecular weight is 518 g/mol. The number of carbonyl (C=O) groups is 2. The molecule has 1 aliphatic rings. The number of halogens is 1. The van der Waals surface area contributed by atoms with E-state index in [1.54, 1.807) is 30.3 Å². The van der Waals surface area contributed by atoms with Crippen molar-refractivity contribution in [3.63, 3.8) is 0 Å². The largest absolute Gasteiger partial charge is 0.492 e. The van der Waals surface area contributed by atoms with E-state index in [0.29, 0.717) is 33.6 Å². The van der Waals surface area contributed by atoms with Gasteiger partial charge >= 0.3 is 0 Å². The zero-order valence-electron chi connectivity index (χ0n) is 18.2. The van der Waals surface area contributed by atoms with Gasteiger partial charge in [-0.25, -0.2) is 0 Å². The minimum Gasteiger partial charge on any atom is -0.492 e. The molecule has 1 aliphatic heterocycles. The minimum absolute atomic E-state index is 0.0285. The molecule has 2 N–H and O–H groups in total. The number of thiocarbonyl (C=S) groups is 1. The maximum atomic E-state index is 12.9. The number of hydrogen-bond acceptors (Lipinski definition) is 4. The Hall–Kier alpha value is -2.45. The van der Waals surface area contributed by atoms with Gasteiger partial charge in [-0.1, -0.05) is 25.8 Å². The predicted molar refractivity (Wildman–Crippen MR) is 134 cm³/mol. The molecule has 0 spiro atoms. The van der Waals surface area contributed by atoms with Gasteiger partial charge in [0.2, 0.25) is 0 Å². The summed E-state index contributed by atoms with van der Waals surface area (Å²) >= 11 is 8.74. The molecule has 2 aromatic carbocycles. The summed E-state index contributed by atoms with van der Waals surface area (Å²) < 4.78 is 6.32. The fraction of sp³-hybridized carbons (Fsp3) is 0.375. The number of likely N-dealkylation sites (tertiary alicyclic amines) is 1. The van der Waals surface area contributed by atoms with Gasteiger partial charge in [-0.3, -0.25) is 14.9 Å². The molecule has 2 amide bonds. The third-order valence-electron chi connectivity index (χ3n) is 5.14. The molecule has 32 heavy (non-hydrogen) atoms. The van der Waals surface area contributed by atoms with Gasteiger partial charge in [-0.2, -0.15) is 0 Å². The highest BCUT2D eigenvalue weighted by Crippen LogP contribution is 2.26. The number of amides is 2. The van der Waals surface area contributed by atoms with Crippen molar-refractivity contribution in [2.45, 2.75) is 39.0 Å². The second-order valence-corrected chi connectivity index (χ2v) is 8.95. The average Bonchev–Trinajstić information content (AvgIpc) is 3.07. The first-order valence-corrected chi connectivity index (χ1v) is 12.1. The van der Waals surface area contributed by atoms with E-state index in [1.807, 2.05) is 24.0 Å². The first-order chi connectivity index (χ1) is 15.5. The molecule has 8 heteroatoms. The molecule has 0 aromatic heterocycles. The van der Waals surface area contributed by atoms with Crippen molar-refractivity contribution in [2.75, 3.05) is 25.0 Å². The number of anilines is 1. The molecule has 1 saturated heterocycles. The van der Waals surface area contributed by atoms with Crippen LogP contribution >= 0.6 is 28.1 Å². The number of rotatable bonds is 6. The monoisotopic (exact) mass is 517 g/mol. The van der Waals surface area contributed by atoms with Crippen molar-refractivity contribution in [3.8, 4) is 5.75 Å². The normalized spacial score (nSPS) is 13.8. The van der Waals surface area contributed by atoms with Crippen molar-refractivity contribution in [2.24, 2.45) is 0 Å². The van der Waals surface area contributed by atoms with E-state index in [9.17, 15) is 9.59 Å². The van der Waals surface area contributed by atoms with E-state index in [-0.39, 0.29) is 16.9 Å².